The molecule has 0 aromatic carbocycles. The van der Waals surface area contributed by atoms with Crippen LogP contribution >= 0.6 is 0 Å². The van der Waals surface area contributed by atoms with Gasteiger partial charge in [0.25, 0.3) is 5.56 Å². The Morgan fingerprint density at radius 1 is 1.29 bits per heavy atom. The molecule has 0 fully saturated rings. The summed E-state index contributed by atoms with van der Waals surface area (Å²) in [6, 6.07) is 2.96. The van der Waals surface area contributed by atoms with Crippen molar-refractivity contribution in [3.63, 3.8) is 0 Å². The van der Waals surface area contributed by atoms with Crippen molar-refractivity contribution in [3.05, 3.63) is 34.2 Å². The average molecular weight is 251 g/mol. The van der Waals surface area contributed by atoms with Gasteiger partial charge in [-0.2, -0.15) is 13.2 Å². The van der Waals surface area contributed by atoms with Crippen LogP contribution in [0, 0.1) is 0 Å². The SMILES string of the molecule is O=c1cccc(C(F)(F)F)n1CCOCCO. The fourth-order valence-electron chi connectivity index (χ4n) is 1.32. The summed E-state index contributed by atoms with van der Waals surface area (Å²) in [5, 5.41) is 8.43. The molecule has 0 atom stereocenters. The predicted octanol–water partition coefficient (Wildman–Crippen LogP) is 0.876. The maximum Gasteiger partial charge on any atom is 0.431 e. The zero-order valence-corrected chi connectivity index (χ0v) is 8.91. The highest BCUT2D eigenvalue weighted by Gasteiger charge is 2.33. The molecule has 0 saturated heterocycles. The number of aliphatic hydroxyl groups excluding tert-OH is 1. The molecule has 0 bridgehead atoms. The average Bonchev–Trinajstić information content (AvgIpc) is 2.24. The van der Waals surface area contributed by atoms with E-state index in [0.29, 0.717) is 4.57 Å². The molecule has 0 radical (unpaired) electrons. The second kappa shape index (κ2) is 5.83. The van der Waals surface area contributed by atoms with Gasteiger partial charge in [0.2, 0.25) is 0 Å². The Kier molecular flexibility index (Phi) is 4.71. The molecule has 96 valence electrons. The highest BCUT2D eigenvalue weighted by Crippen LogP contribution is 2.27. The van der Waals surface area contributed by atoms with E-state index in [1.165, 1.54) is 0 Å². The fourth-order valence-corrected chi connectivity index (χ4v) is 1.32. The molecule has 0 saturated carbocycles. The van der Waals surface area contributed by atoms with Gasteiger partial charge in [-0.25, -0.2) is 0 Å². The third-order valence-electron chi connectivity index (χ3n) is 2.04. The highest BCUT2D eigenvalue weighted by molar-refractivity contribution is 5.10. The van der Waals surface area contributed by atoms with Gasteiger partial charge in [-0.1, -0.05) is 6.07 Å². The summed E-state index contributed by atoms with van der Waals surface area (Å²) in [5.74, 6) is 0. The third-order valence-corrected chi connectivity index (χ3v) is 2.04. The number of hydrogen-bond donors (Lipinski definition) is 1. The Morgan fingerprint density at radius 3 is 2.59 bits per heavy atom. The van der Waals surface area contributed by atoms with Gasteiger partial charge < -0.3 is 14.4 Å². The van der Waals surface area contributed by atoms with Gasteiger partial charge in [0.15, 0.2) is 0 Å². The first-order chi connectivity index (χ1) is 7.96. The van der Waals surface area contributed by atoms with Crippen molar-refractivity contribution >= 4 is 0 Å². The van der Waals surface area contributed by atoms with E-state index in [0.717, 1.165) is 18.2 Å². The molecule has 1 aromatic rings. The van der Waals surface area contributed by atoms with E-state index in [1.54, 1.807) is 0 Å². The summed E-state index contributed by atoms with van der Waals surface area (Å²) in [6.45, 7) is -0.444. The molecule has 4 nitrogen and oxygen atoms in total. The number of rotatable bonds is 5. The minimum Gasteiger partial charge on any atom is -0.394 e. The number of aromatic nitrogens is 1. The molecular formula is C10H12F3NO3. The number of alkyl halides is 3. The van der Waals surface area contributed by atoms with Crippen LogP contribution in [0.15, 0.2) is 23.0 Å². The van der Waals surface area contributed by atoms with Crippen LogP contribution in [0.2, 0.25) is 0 Å². The lowest BCUT2D eigenvalue weighted by atomic mass is 10.3. The summed E-state index contributed by atoms with van der Waals surface area (Å²) in [7, 11) is 0. The van der Waals surface area contributed by atoms with E-state index in [4.69, 9.17) is 9.84 Å². The Hall–Kier alpha value is -1.34. The van der Waals surface area contributed by atoms with Crippen molar-refractivity contribution in [1.29, 1.82) is 0 Å². The number of aliphatic hydroxyl groups is 1. The van der Waals surface area contributed by atoms with Crippen molar-refractivity contribution in [2.24, 2.45) is 0 Å². The minimum absolute atomic E-state index is 0.0307. The zero-order chi connectivity index (χ0) is 12.9. The normalized spacial score (nSPS) is 11.8. The first kappa shape index (κ1) is 13.7. The summed E-state index contributed by atoms with van der Waals surface area (Å²) >= 11 is 0. The van der Waals surface area contributed by atoms with Crippen molar-refractivity contribution in [2.45, 2.75) is 12.7 Å². The molecule has 1 aromatic heterocycles. The second-order valence-corrected chi connectivity index (χ2v) is 3.23. The lowest BCUT2D eigenvalue weighted by Gasteiger charge is -2.14. The van der Waals surface area contributed by atoms with E-state index in [9.17, 15) is 18.0 Å². The van der Waals surface area contributed by atoms with E-state index in [-0.39, 0.29) is 26.4 Å². The first-order valence-corrected chi connectivity index (χ1v) is 4.92. The summed E-state index contributed by atoms with van der Waals surface area (Å²) in [5.41, 5.74) is -1.73. The number of ether oxygens (including phenoxy) is 1. The molecule has 1 N–H and O–H groups in total. The molecular weight excluding hydrogens is 239 g/mol. The lowest BCUT2D eigenvalue weighted by molar-refractivity contribution is -0.144. The molecule has 17 heavy (non-hydrogen) atoms. The van der Waals surface area contributed by atoms with Crippen molar-refractivity contribution < 1.29 is 23.0 Å². The van der Waals surface area contributed by atoms with E-state index in [1.807, 2.05) is 0 Å². The number of nitrogens with zero attached hydrogens (tertiary/aromatic N) is 1. The Labute approximate surface area is 95.3 Å². The monoisotopic (exact) mass is 251 g/mol. The summed E-state index contributed by atoms with van der Waals surface area (Å²) in [6.07, 6.45) is -4.57. The van der Waals surface area contributed by atoms with Gasteiger partial charge in [-0.15, -0.1) is 0 Å². The predicted molar refractivity (Wildman–Crippen MR) is 53.6 cm³/mol. The van der Waals surface area contributed by atoms with Gasteiger partial charge >= 0.3 is 6.18 Å². The molecule has 0 aliphatic rings. The van der Waals surface area contributed by atoms with Crippen molar-refractivity contribution in [3.8, 4) is 0 Å². The largest absolute Gasteiger partial charge is 0.431 e. The molecule has 0 aliphatic heterocycles. The number of hydrogen-bond acceptors (Lipinski definition) is 3. The van der Waals surface area contributed by atoms with Crippen LogP contribution in [-0.4, -0.2) is 29.5 Å². The van der Waals surface area contributed by atoms with Gasteiger partial charge in [0.1, 0.15) is 5.69 Å². The Morgan fingerprint density at radius 2 is 2.00 bits per heavy atom. The lowest BCUT2D eigenvalue weighted by Crippen LogP contribution is -2.28. The molecule has 7 heteroatoms. The second-order valence-electron chi connectivity index (χ2n) is 3.23. The van der Waals surface area contributed by atoms with Gasteiger partial charge in [-0.3, -0.25) is 4.79 Å². The standard InChI is InChI=1S/C10H12F3NO3/c11-10(12,13)8-2-1-3-9(16)14(8)4-6-17-7-5-15/h1-3,15H,4-7H2. The zero-order valence-electron chi connectivity index (χ0n) is 8.91. The van der Waals surface area contributed by atoms with Gasteiger partial charge in [0.05, 0.1) is 19.8 Å². The number of pyridine rings is 1. The highest BCUT2D eigenvalue weighted by atomic mass is 19.4. The Balaban J connectivity index is 2.86. The topological polar surface area (TPSA) is 51.5 Å². The summed E-state index contributed by atoms with van der Waals surface area (Å²) in [4.78, 5) is 11.3. The summed E-state index contributed by atoms with van der Waals surface area (Å²) < 4.78 is 43.1. The van der Waals surface area contributed by atoms with Crippen molar-refractivity contribution in [2.75, 3.05) is 19.8 Å². The fraction of sp³-hybridized carbons (Fsp3) is 0.500. The van der Waals surface area contributed by atoms with Gasteiger partial charge in [-0.05, 0) is 6.07 Å². The third kappa shape index (κ3) is 3.86. The van der Waals surface area contributed by atoms with Crippen molar-refractivity contribution in [1.82, 2.24) is 4.57 Å². The van der Waals surface area contributed by atoms with Crippen LogP contribution < -0.4 is 5.56 Å². The minimum atomic E-state index is -4.57. The molecule has 0 spiro atoms. The quantitative estimate of drug-likeness (QED) is 0.790. The molecule has 1 rings (SSSR count). The maximum atomic E-state index is 12.6. The van der Waals surface area contributed by atoms with E-state index >= 15 is 0 Å². The Bertz CT molecular complexity index is 414. The molecule has 0 amide bonds. The van der Waals surface area contributed by atoms with Crippen LogP contribution in [0.3, 0.4) is 0 Å². The van der Waals surface area contributed by atoms with E-state index < -0.39 is 17.4 Å². The molecule has 1 heterocycles. The number of halogens is 3. The first-order valence-electron chi connectivity index (χ1n) is 4.92. The van der Waals surface area contributed by atoms with Crippen LogP contribution in [0.1, 0.15) is 5.69 Å². The molecule has 0 aliphatic carbocycles. The van der Waals surface area contributed by atoms with E-state index in [2.05, 4.69) is 0 Å². The molecule has 0 unspecified atom stereocenters. The van der Waals surface area contributed by atoms with Crippen LogP contribution in [-0.2, 0) is 17.5 Å². The van der Waals surface area contributed by atoms with Crippen LogP contribution in [0.5, 0.6) is 0 Å². The maximum absolute atomic E-state index is 12.6. The van der Waals surface area contributed by atoms with Crippen LogP contribution in [0.4, 0.5) is 13.2 Å². The smallest absolute Gasteiger partial charge is 0.394 e. The van der Waals surface area contributed by atoms with Gasteiger partial charge in [0, 0.05) is 12.6 Å². The van der Waals surface area contributed by atoms with Crippen LogP contribution in [0.25, 0.3) is 0 Å².